The number of para-hydroxylation sites is 2. The van der Waals surface area contributed by atoms with Crippen molar-refractivity contribution >= 4 is 50.2 Å². The SMILES string of the molecule is CCC(=CC=C(C)C(C)C(Cc1ccc2c(c1)C(C)(C)c1ccccc1-2)c1ccc(C2=Cc3c(n(C4C=CCCC4)c4ccccc34)CC2C)cc1)N1c2c(ccc3oc4ccccc4c23)C2C3C=CC=CC3C21. The average Bonchev–Trinajstić information content (AvgIpc) is 4.13. The van der Waals surface area contributed by atoms with Gasteiger partial charge in [0.25, 0.3) is 0 Å². The highest BCUT2D eigenvalue weighted by atomic mass is 16.3. The normalized spacial score (nSPS) is 24.0. The second-order valence-corrected chi connectivity index (χ2v) is 23.4. The average molecular weight is 965 g/mol. The van der Waals surface area contributed by atoms with Crippen molar-refractivity contribution in [2.24, 2.45) is 23.7 Å². The third-order valence-corrected chi connectivity index (χ3v) is 19.1. The Morgan fingerprint density at radius 1 is 0.784 bits per heavy atom. The van der Waals surface area contributed by atoms with Crippen molar-refractivity contribution in [2.45, 2.75) is 109 Å². The Morgan fingerprint density at radius 3 is 2.38 bits per heavy atom. The van der Waals surface area contributed by atoms with E-state index in [0.717, 1.165) is 30.4 Å². The smallest absolute Gasteiger partial charge is 0.137 e. The van der Waals surface area contributed by atoms with Gasteiger partial charge in [0, 0.05) is 56.5 Å². The summed E-state index contributed by atoms with van der Waals surface area (Å²) in [5.41, 5.74) is 23.1. The van der Waals surface area contributed by atoms with Crippen molar-refractivity contribution in [2.75, 3.05) is 4.90 Å². The lowest BCUT2D eigenvalue weighted by Gasteiger charge is -2.51. The number of nitrogens with zero attached hydrogens (tertiary/aromatic N) is 2. The van der Waals surface area contributed by atoms with Gasteiger partial charge in [0.2, 0.25) is 0 Å². The number of furan rings is 1. The van der Waals surface area contributed by atoms with Gasteiger partial charge in [-0.05, 0) is 150 Å². The van der Waals surface area contributed by atoms with Crippen LogP contribution < -0.4 is 4.90 Å². The van der Waals surface area contributed by atoms with Gasteiger partial charge in [-0.3, -0.25) is 0 Å². The summed E-state index contributed by atoms with van der Waals surface area (Å²) in [6, 6.07) is 49.4. The van der Waals surface area contributed by atoms with Crippen molar-refractivity contribution in [1.29, 1.82) is 0 Å². The first-order valence-electron chi connectivity index (χ1n) is 28.0. The van der Waals surface area contributed by atoms with E-state index in [0.29, 0.717) is 35.8 Å². The predicted octanol–water partition coefficient (Wildman–Crippen LogP) is 18.4. The van der Waals surface area contributed by atoms with Gasteiger partial charge in [-0.15, -0.1) is 0 Å². The van der Waals surface area contributed by atoms with E-state index in [9.17, 15) is 0 Å². The minimum Gasteiger partial charge on any atom is -0.456 e. The molecule has 6 aromatic carbocycles. The van der Waals surface area contributed by atoms with Crippen molar-refractivity contribution in [3.63, 3.8) is 0 Å². The Kier molecular flexibility index (Phi) is 10.8. The third kappa shape index (κ3) is 6.91. The van der Waals surface area contributed by atoms with E-state index in [1.54, 1.807) is 0 Å². The molecule has 8 aromatic rings. The van der Waals surface area contributed by atoms with E-state index < -0.39 is 0 Å². The molecule has 0 spiro atoms. The maximum atomic E-state index is 6.55. The van der Waals surface area contributed by atoms with Gasteiger partial charge in [0.15, 0.2) is 0 Å². The molecule has 3 nitrogen and oxygen atoms in total. The quantitative estimate of drug-likeness (QED) is 0.101. The van der Waals surface area contributed by atoms with Gasteiger partial charge < -0.3 is 13.9 Å². The molecule has 5 aliphatic carbocycles. The lowest BCUT2D eigenvalue weighted by atomic mass is 9.58. The van der Waals surface area contributed by atoms with Crippen LogP contribution in [0.25, 0.3) is 55.6 Å². The van der Waals surface area contributed by atoms with Crippen molar-refractivity contribution in [3.8, 4) is 11.1 Å². The highest BCUT2D eigenvalue weighted by molar-refractivity contribution is 6.13. The van der Waals surface area contributed by atoms with E-state index in [4.69, 9.17) is 4.42 Å². The molecule has 3 heteroatoms. The van der Waals surface area contributed by atoms with E-state index in [1.165, 1.54) is 119 Å². The predicted molar refractivity (Wildman–Crippen MR) is 311 cm³/mol. The minimum absolute atomic E-state index is 0.0444. The lowest BCUT2D eigenvalue weighted by Crippen LogP contribution is -2.53. The van der Waals surface area contributed by atoms with Gasteiger partial charge in [-0.1, -0.05) is 192 Å². The van der Waals surface area contributed by atoms with Crippen LogP contribution in [0.4, 0.5) is 5.69 Å². The monoisotopic (exact) mass is 965 g/mol. The summed E-state index contributed by atoms with van der Waals surface area (Å²) in [6.45, 7) is 14.5. The highest BCUT2D eigenvalue weighted by Crippen LogP contribution is 2.63. The summed E-state index contributed by atoms with van der Waals surface area (Å²) < 4.78 is 9.24. The largest absolute Gasteiger partial charge is 0.456 e. The van der Waals surface area contributed by atoms with Crippen LogP contribution in [-0.2, 0) is 18.3 Å². The first-order chi connectivity index (χ1) is 36.2. The molecule has 368 valence electrons. The van der Waals surface area contributed by atoms with Crippen molar-refractivity contribution in [1.82, 2.24) is 4.57 Å². The molecule has 1 aliphatic heterocycles. The van der Waals surface area contributed by atoms with Gasteiger partial charge >= 0.3 is 0 Å². The Morgan fingerprint density at radius 2 is 1.55 bits per heavy atom. The van der Waals surface area contributed by atoms with Crippen LogP contribution in [0.1, 0.15) is 130 Å². The number of anilines is 1. The van der Waals surface area contributed by atoms with E-state index in [1.807, 2.05) is 0 Å². The number of hydrogen-bond acceptors (Lipinski definition) is 2. The van der Waals surface area contributed by atoms with E-state index in [-0.39, 0.29) is 17.3 Å². The van der Waals surface area contributed by atoms with E-state index in [2.05, 4.69) is 233 Å². The van der Waals surface area contributed by atoms with Gasteiger partial charge in [-0.25, -0.2) is 0 Å². The zero-order chi connectivity index (χ0) is 50.0. The molecule has 8 unspecified atom stereocenters. The van der Waals surface area contributed by atoms with Gasteiger partial charge in [0.1, 0.15) is 11.2 Å². The summed E-state index contributed by atoms with van der Waals surface area (Å²) in [5.74, 6) is 2.43. The molecule has 1 saturated carbocycles. The number of aromatic nitrogens is 1. The summed E-state index contributed by atoms with van der Waals surface area (Å²) in [5, 5.41) is 3.86. The van der Waals surface area contributed by atoms with Gasteiger partial charge in [-0.2, -0.15) is 0 Å². The van der Waals surface area contributed by atoms with Gasteiger partial charge in [0.05, 0.1) is 17.1 Å². The summed E-state index contributed by atoms with van der Waals surface area (Å²) in [6.07, 6.45) is 28.5. The third-order valence-electron chi connectivity index (χ3n) is 19.1. The van der Waals surface area contributed by atoms with Crippen LogP contribution >= 0.6 is 0 Å². The molecule has 74 heavy (non-hydrogen) atoms. The molecule has 6 aliphatic rings. The second-order valence-electron chi connectivity index (χ2n) is 23.4. The van der Waals surface area contributed by atoms with Crippen LogP contribution in [0.5, 0.6) is 0 Å². The number of rotatable bonds is 10. The molecular weight excluding hydrogens is 897 g/mol. The number of fused-ring (bicyclic) bond motifs is 16. The molecule has 0 N–H and O–H groups in total. The maximum Gasteiger partial charge on any atom is 0.137 e. The number of hydrogen-bond donors (Lipinski definition) is 0. The fraction of sp³-hybridized carbons (Fsp3) is 0.296. The Hall–Kier alpha value is -7.10. The highest BCUT2D eigenvalue weighted by Gasteiger charge is 2.58. The van der Waals surface area contributed by atoms with Crippen LogP contribution in [0.3, 0.4) is 0 Å². The summed E-state index contributed by atoms with van der Waals surface area (Å²) in [7, 11) is 0. The van der Waals surface area contributed by atoms with Crippen LogP contribution in [0.2, 0.25) is 0 Å². The molecule has 2 aromatic heterocycles. The molecular formula is C71H68N2O. The standard InChI is InChI=1S/C71H68N2O/c1-7-49(73-69-55-24-12-11-23-54(55)67(69)57-37-38-66-68(70(57)73)56-25-15-18-28-65(56)74-66)35-29-43(2)45(4)59(40-46-30-36-52-51-21-13-16-26-61(51)71(5,6)62(52)41-46)48-33-31-47(32-34-48)58-42-60-53-22-14-17-27-63(53)72(64(60)39-44(58)3)50-19-9-8-10-20-50/h9,11-19,21-38,41-42,44-45,50,54-55,59,67,69H,7-8,10,20,39-40H2,1-6H3. The zero-order valence-electron chi connectivity index (χ0n) is 44.0. The zero-order valence-corrected chi connectivity index (χ0v) is 44.0. The first kappa shape index (κ1) is 45.5. The fourth-order valence-electron chi connectivity index (χ4n) is 15.1. The molecule has 3 heterocycles. The molecule has 0 bridgehead atoms. The molecule has 8 atom stereocenters. The maximum absolute atomic E-state index is 6.55. The topological polar surface area (TPSA) is 21.3 Å². The van der Waals surface area contributed by atoms with Crippen LogP contribution in [0.15, 0.2) is 192 Å². The fourth-order valence-corrected chi connectivity index (χ4v) is 15.1. The number of benzene rings is 6. The second kappa shape index (κ2) is 17.5. The Balaban J connectivity index is 0.837. The summed E-state index contributed by atoms with van der Waals surface area (Å²) in [4.78, 5) is 2.75. The van der Waals surface area contributed by atoms with Crippen molar-refractivity contribution in [3.05, 3.63) is 232 Å². The minimum atomic E-state index is -0.0444. The molecule has 0 saturated heterocycles. The molecule has 1 fully saturated rings. The lowest BCUT2D eigenvalue weighted by molar-refractivity contribution is 0.188. The Labute approximate surface area is 438 Å². The van der Waals surface area contributed by atoms with E-state index >= 15 is 0 Å². The van der Waals surface area contributed by atoms with Crippen molar-refractivity contribution < 1.29 is 4.42 Å². The number of allylic oxidation sites excluding steroid dienone is 10. The summed E-state index contributed by atoms with van der Waals surface area (Å²) >= 11 is 0. The molecule has 14 rings (SSSR count). The first-order valence-corrected chi connectivity index (χ1v) is 28.0. The molecule has 0 amide bonds. The van der Waals surface area contributed by atoms with Crippen LogP contribution in [0, 0.1) is 23.7 Å². The Bertz CT molecular complexity index is 3760. The molecule has 0 radical (unpaired) electrons. The van der Waals surface area contributed by atoms with Crippen LogP contribution in [-0.4, -0.2) is 10.6 Å².